The molecule has 2 aliphatic rings. The van der Waals surface area contributed by atoms with Gasteiger partial charge in [0.15, 0.2) is 0 Å². The predicted octanol–water partition coefficient (Wildman–Crippen LogP) is 1.79. The highest BCUT2D eigenvalue weighted by molar-refractivity contribution is 5.25. The van der Waals surface area contributed by atoms with Crippen LogP contribution in [0.5, 0.6) is 0 Å². The Morgan fingerprint density at radius 1 is 1.17 bits per heavy atom. The van der Waals surface area contributed by atoms with E-state index in [4.69, 9.17) is 0 Å². The van der Waals surface area contributed by atoms with Crippen molar-refractivity contribution < 1.29 is 5.11 Å². The van der Waals surface area contributed by atoms with E-state index in [2.05, 4.69) is 53.2 Å². The van der Waals surface area contributed by atoms with Gasteiger partial charge in [0.05, 0.1) is 6.10 Å². The summed E-state index contributed by atoms with van der Waals surface area (Å²) in [6.07, 6.45) is 1.74. The highest BCUT2D eigenvalue weighted by Gasteiger charge is 2.28. The molecular formula is C19H31N3O. The van der Waals surface area contributed by atoms with E-state index in [0.29, 0.717) is 12.1 Å². The molecule has 1 aromatic carbocycles. The number of nitrogens with one attached hydrogen (secondary N) is 1. The fraction of sp³-hybridized carbons (Fsp3) is 0.684. The molecule has 0 spiro atoms. The molecule has 2 fully saturated rings. The lowest BCUT2D eigenvalue weighted by Gasteiger charge is -2.41. The second kappa shape index (κ2) is 7.75. The SMILES string of the molecule is Cc1ccc(C(CN2CCC(O)CC2)N2CCNC(C)C2)cc1. The summed E-state index contributed by atoms with van der Waals surface area (Å²) in [5, 5.41) is 13.3. The monoisotopic (exact) mass is 317 g/mol. The van der Waals surface area contributed by atoms with Crippen molar-refractivity contribution in [1.82, 2.24) is 15.1 Å². The molecule has 0 saturated carbocycles. The minimum absolute atomic E-state index is 0.0942. The Labute approximate surface area is 140 Å². The average molecular weight is 317 g/mol. The Morgan fingerprint density at radius 2 is 1.87 bits per heavy atom. The van der Waals surface area contributed by atoms with E-state index in [0.717, 1.165) is 52.1 Å². The van der Waals surface area contributed by atoms with Crippen LogP contribution in [0.3, 0.4) is 0 Å². The summed E-state index contributed by atoms with van der Waals surface area (Å²) in [5.74, 6) is 0. The first-order valence-electron chi connectivity index (χ1n) is 9.06. The van der Waals surface area contributed by atoms with Crippen LogP contribution in [0.25, 0.3) is 0 Å². The lowest BCUT2D eigenvalue weighted by molar-refractivity contribution is 0.0553. The molecule has 0 aromatic heterocycles. The Bertz CT molecular complexity index is 482. The fourth-order valence-electron chi connectivity index (χ4n) is 3.81. The highest BCUT2D eigenvalue weighted by atomic mass is 16.3. The maximum absolute atomic E-state index is 9.75. The summed E-state index contributed by atoms with van der Waals surface area (Å²) in [6.45, 7) is 10.8. The van der Waals surface area contributed by atoms with Crippen molar-refractivity contribution >= 4 is 0 Å². The van der Waals surface area contributed by atoms with Gasteiger partial charge in [-0.3, -0.25) is 4.90 Å². The minimum atomic E-state index is -0.0942. The van der Waals surface area contributed by atoms with Gasteiger partial charge in [0.1, 0.15) is 0 Å². The molecule has 2 atom stereocenters. The second-order valence-electron chi connectivity index (χ2n) is 7.31. The number of benzene rings is 1. The number of piperidine rings is 1. The molecule has 0 radical (unpaired) electrons. The Balaban J connectivity index is 1.73. The highest BCUT2D eigenvalue weighted by Crippen LogP contribution is 2.25. The summed E-state index contributed by atoms with van der Waals surface area (Å²) >= 11 is 0. The number of nitrogens with zero attached hydrogens (tertiary/aromatic N) is 2. The maximum Gasteiger partial charge on any atom is 0.0564 e. The van der Waals surface area contributed by atoms with Crippen LogP contribution in [0.15, 0.2) is 24.3 Å². The van der Waals surface area contributed by atoms with Crippen molar-refractivity contribution in [3.05, 3.63) is 35.4 Å². The molecule has 2 saturated heterocycles. The van der Waals surface area contributed by atoms with Crippen molar-refractivity contribution in [2.75, 3.05) is 39.3 Å². The van der Waals surface area contributed by atoms with Crippen LogP contribution in [0.1, 0.15) is 36.9 Å². The van der Waals surface area contributed by atoms with Gasteiger partial charge in [0.25, 0.3) is 0 Å². The van der Waals surface area contributed by atoms with Crippen LogP contribution in [-0.2, 0) is 0 Å². The summed E-state index contributed by atoms with van der Waals surface area (Å²) in [7, 11) is 0. The third-order valence-corrected chi connectivity index (χ3v) is 5.29. The van der Waals surface area contributed by atoms with E-state index >= 15 is 0 Å². The number of aliphatic hydroxyl groups is 1. The predicted molar refractivity (Wildman–Crippen MR) is 94.6 cm³/mol. The number of aliphatic hydroxyl groups excluding tert-OH is 1. The van der Waals surface area contributed by atoms with E-state index in [-0.39, 0.29) is 6.10 Å². The number of rotatable bonds is 4. The smallest absolute Gasteiger partial charge is 0.0564 e. The number of hydrogen-bond acceptors (Lipinski definition) is 4. The number of hydrogen-bond donors (Lipinski definition) is 2. The Morgan fingerprint density at radius 3 is 2.52 bits per heavy atom. The zero-order valence-electron chi connectivity index (χ0n) is 14.5. The normalized spacial score (nSPS) is 26.3. The van der Waals surface area contributed by atoms with Gasteiger partial charge in [-0.1, -0.05) is 29.8 Å². The van der Waals surface area contributed by atoms with Gasteiger partial charge in [-0.2, -0.15) is 0 Å². The van der Waals surface area contributed by atoms with Crippen molar-refractivity contribution in [3.8, 4) is 0 Å². The lowest BCUT2D eigenvalue weighted by Crippen LogP contribution is -2.52. The van der Waals surface area contributed by atoms with Gasteiger partial charge in [0, 0.05) is 51.4 Å². The first-order valence-corrected chi connectivity index (χ1v) is 9.06. The van der Waals surface area contributed by atoms with Gasteiger partial charge in [0.2, 0.25) is 0 Å². The zero-order chi connectivity index (χ0) is 16.2. The molecule has 2 aliphatic heterocycles. The third-order valence-electron chi connectivity index (χ3n) is 5.29. The molecule has 0 amide bonds. The second-order valence-corrected chi connectivity index (χ2v) is 7.31. The third kappa shape index (κ3) is 4.54. The van der Waals surface area contributed by atoms with E-state index in [1.807, 2.05) is 0 Å². The van der Waals surface area contributed by atoms with Crippen LogP contribution in [0, 0.1) is 6.92 Å². The number of piperazine rings is 1. The summed E-state index contributed by atoms with van der Waals surface area (Å²) in [6, 6.07) is 10.1. The molecule has 1 aromatic rings. The van der Waals surface area contributed by atoms with Gasteiger partial charge in [-0.05, 0) is 32.3 Å². The summed E-state index contributed by atoms with van der Waals surface area (Å²) in [4.78, 5) is 5.17. The zero-order valence-corrected chi connectivity index (χ0v) is 14.5. The van der Waals surface area contributed by atoms with Crippen LogP contribution in [0.2, 0.25) is 0 Å². The standard InChI is InChI=1S/C19H31N3O/c1-15-3-5-17(6-4-15)19(22-12-9-20-16(2)13-22)14-21-10-7-18(23)8-11-21/h3-6,16,18-20,23H,7-14H2,1-2H3. The molecule has 0 bridgehead atoms. The van der Waals surface area contributed by atoms with Gasteiger partial charge >= 0.3 is 0 Å². The van der Waals surface area contributed by atoms with E-state index in [9.17, 15) is 5.11 Å². The topological polar surface area (TPSA) is 38.7 Å². The largest absolute Gasteiger partial charge is 0.393 e. The van der Waals surface area contributed by atoms with E-state index in [1.54, 1.807) is 0 Å². The molecule has 128 valence electrons. The molecule has 0 aliphatic carbocycles. The lowest BCUT2D eigenvalue weighted by atomic mass is 10.00. The fourth-order valence-corrected chi connectivity index (χ4v) is 3.81. The molecule has 2 N–H and O–H groups in total. The molecule has 4 heteroatoms. The van der Waals surface area contributed by atoms with Gasteiger partial charge in [-0.15, -0.1) is 0 Å². The molecule has 4 nitrogen and oxygen atoms in total. The van der Waals surface area contributed by atoms with E-state index in [1.165, 1.54) is 11.1 Å². The Kier molecular flexibility index (Phi) is 5.70. The molecule has 2 unspecified atom stereocenters. The van der Waals surface area contributed by atoms with Gasteiger partial charge in [-0.25, -0.2) is 0 Å². The van der Waals surface area contributed by atoms with Crippen molar-refractivity contribution in [2.45, 2.75) is 44.9 Å². The first kappa shape index (κ1) is 16.9. The van der Waals surface area contributed by atoms with Crippen LogP contribution >= 0.6 is 0 Å². The average Bonchev–Trinajstić information content (AvgIpc) is 2.55. The van der Waals surface area contributed by atoms with Crippen molar-refractivity contribution in [1.29, 1.82) is 0 Å². The minimum Gasteiger partial charge on any atom is -0.393 e. The van der Waals surface area contributed by atoms with Crippen LogP contribution < -0.4 is 5.32 Å². The summed E-state index contributed by atoms with van der Waals surface area (Å²) < 4.78 is 0. The molecule has 2 heterocycles. The maximum atomic E-state index is 9.75. The molecule has 23 heavy (non-hydrogen) atoms. The van der Waals surface area contributed by atoms with Crippen molar-refractivity contribution in [3.63, 3.8) is 0 Å². The van der Waals surface area contributed by atoms with E-state index < -0.39 is 0 Å². The molecule has 3 rings (SSSR count). The van der Waals surface area contributed by atoms with Gasteiger partial charge < -0.3 is 15.3 Å². The van der Waals surface area contributed by atoms with Crippen LogP contribution in [-0.4, -0.2) is 66.3 Å². The number of aryl methyl sites for hydroxylation is 1. The Hall–Kier alpha value is -0.940. The van der Waals surface area contributed by atoms with Crippen LogP contribution in [0.4, 0.5) is 0 Å². The summed E-state index contributed by atoms with van der Waals surface area (Å²) in [5.41, 5.74) is 2.75. The van der Waals surface area contributed by atoms with Crippen molar-refractivity contribution in [2.24, 2.45) is 0 Å². The quantitative estimate of drug-likeness (QED) is 0.888. The first-order chi connectivity index (χ1) is 11.1. The molecular weight excluding hydrogens is 286 g/mol. The number of likely N-dealkylation sites (tertiary alicyclic amines) is 1.